The van der Waals surface area contributed by atoms with Gasteiger partial charge in [0, 0.05) is 11.9 Å². The van der Waals surface area contributed by atoms with Crippen molar-refractivity contribution in [1.82, 2.24) is 4.90 Å². The molecule has 0 spiro atoms. The molecule has 0 saturated carbocycles. The Labute approximate surface area is 141 Å². The molecular weight excluding hydrogens is 285 g/mol. The summed E-state index contributed by atoms with van der Waals surface area (Å²) in [6.07, 6.45) is 2.24. The van der Waals surface area contributed by atoms with Crippen LogP contribution in [0.2, 0.25) is 5.31 Å². The molecule has 2 fully saturated rings. The molecule has 4 heteroatoms. The van der Waals surface area contributed by atoms with E-state index in [9.17, 15) is 0 Å². The largest absolute Gasteiger partial charge is 0.464 e. The lowest BCUT2D eigenvalue weighted by Crippen LogP contribution is -2.43. The van der Waals surface area contributed by atoms with Crippen molar-refractivity contribution in [3.8, 4) is 0 Å². The minimum atomic E-state index is -0.234. The number of nitrogens with zero attached hydrogens (tertiary/aromatic N) is 1. The molecule has 0 amide bonds. The fraction of sp³-hybridized carbons (Fsp3) is 0.684. The standard InChI is InChI=1S/C19H30BNO2/c1-17(2)18(3,4)23-20(22-17)19(5)11-13-21(14-12-19)15-16-9-7-6-8-10-16/h6-10H,11-15H2,1-5H3. The van der Waals surface area contributed by atoms with E-state index in [0.29, 0.717) is 0 Å². The summed E-state index contributed by atoms with van der Waals surface area (Å²) < 4.78 is 12.6. The summed E-state index contributed by atoms with van der Waals surface area (Å²) in [7, 11) is -0.0913. The van der Waals surface area contributed by atoms with Gasteiger partial charge in [0.1, 0.15) is 0 Å². The lowest BCUT2D eigenvalue weighted by Gasteiger charge is -2.40. The lowest BCUT2D eigenvalue weighted by atomic mass is 9.54. The molecule has 0 N–H and O–H groups in total. The van der Waals surface area contributed by atoms with Crippen LogP contribution >= 0.6 is 0 Å². The van der Waals surface area contributed by atoms with Gasteiger partial charge in [-0.25, -0.2) is 0 Å². The third kappa shape index (κ3) is 3.35. The Morgan fingerprint density at radius 3 is 1.96 bits per heavy atom. The number of rotatable bonds is 3. The first kappa shape index (κ1) is 17.0. The van der Waals surface area contributed by atoms with E-state index in [2.05, 4.69) is 69.9 Å². The van der Waals surface area contributed by atoms with E-state index in [4.69, 9.17) is 9.31 Å². The van der Waals surface area contributed by atoms with Crippen molar-refractivity contribution in [2.24, 2.45) is 0 Å². The average molecular weight is 315 g/mol. The van der Waals surface area contributed by atoms with Crippen LogP contribution in [0.15, 0.2) is 30.3 Å². The van der Waals surface area contributed by atoms with Crippen LogP contribution in [0.5, 0.6) is 0 Å². The minimum absolute atomic E-state index is 0.0913. The van der Waals surface area contributed by atoms with Crippen LogP contribution in [-0.4, -0.2) is 36.3 Å². The van der Waals surface area contributed by atoms with E-state index >= 15 is 0 Å². The molecule has 0 aromatic heterocycles. The summed E-state index contributed by atoms with van der Waals surface area (Å²) >= 11 is 0. The van der Waals surface area contributed by atoms with E-state index < -0.39 is 0 Å². The Morgan fingerprint density at radius 1 is 0.913 bits per heavy atom. The van der Waals surface area contributed by atoms with E-state index in [1.165, 1.54) is 5.56 Å². The fourth-order valence-corrected chi connectivity index (χ4v) is 3.43. The second-order valence-corrected chi connectivity index (χ2v) is 8.50. The smallest absolute Gasteiger partial charge is 0.403 e. The van der Waals surface area contributed by atoms with Crippen molar-refractivity contribution < 1.29 is 9.31 Å². The molecule has 0 atom stereocenters. The molecule has 2 heterocycles. The molecule has 1 aromatic carbocycles. The fourth-order valence-electron chi connectivity index (χ4n) is 3.43. The van der Waals surface area contributed by atoms with Gasteiger partial charge < -0.3 is 9.31 Å². The Hall–Kier alpha value is -0.835. The maximum absolute atomic E-state index is 6.32. The van der Waals surface area contributed by atoms with Gasteiger partial charge in [-0.3, -0.25) is 4.90 Å². The molecule has 1 aromatic rings. The second-order valence-electron chi connectivity index (χ2n) is 8.50. The second kappa shape index (κ2) is 5.91. The molecule has 2 saturated heterocycles. The van der Waals surface area contributed by atoms with Gasteiger partial charge in [-0.15, -0.1) is 0 Å². The molecule has 0 unspecified atom stereocenters. The first-order valence-corrected chi connectivity index (χ1v) is 8.84. The SMILES string of the molecule is CC1(B2OC(C)(C)C(C)(C)O2)CCN(Cc2ccccc2)CC1. The van der Waals surface area contributed by atoms with Crippen LogP contribution in [0.1, 0.15) is 53.0 Å². The summed E-state index contributed by atoms with van der Waals surface area (Å²) in [5, 5.41) is 0.109. The Morgan fingerprint density at radius 2 is 1.43 bits per heavy atom. The Balaban J connectivity index is 1.60. The van der Waals surface area contributed by atoms with E-state index in [1.807, 2.05) is 0 Å². The quantitative estimate of drug-likeness (QED) is 0.783. The lowest BCUT2D eigenvalue weighted by molar-refractivity contribution is 0.00578. The predicted octanol–water partition coefficient (Wildman–Crippen LogP) is 4.13. The van der Waals surface area contributed by atoms with Crippen LogP contribution in [0.3, 0.4) is 0 Å². The molecule has 2 aliphatic rings. The van der Waals surface area contributed by atoms with Gasteiger partial charge in [0.15, 0.2) is 0 Å². The number of piperidine rings is 1. The normalized spacial score (nSPS) is 26.4. The Bertz CT molecular complexity index is 520. The molecule has 3 rings (SSSR count). The van der Waals surface area contributed by atoms with Crippen LogP contribution in [0.4, 0.5) is 0 Å². The van der Waals surface area contributed by atoms with Gasteiger partial charge in [0.25, 0.3) is 0 Å². The molecule has 0 radical (unpaired) electrons. The van der Waals surface area contributed by atoms with Crippen molar-refractivity contribution in [2.45, 2.75) is 70.5 Å². The van der Waals surface area contributed by atoms with Gasteiger partial charge in [-0.1, -0.05) is 37.3 Å². The molecule has 3 nitrogen and oxygen atoms in total. The number of benzene rings is 1. The van der Waals surface area contributed by atoms with Crippen molar-refractivity contribution in [2.75, 3.05) is 13.1 Å². The highest BCUT2D eigenvalue weighted by Gasteiger charge is 2.58. The molecule has 0 bridgehead atoms. The van der Waals surface area contributed by atoms with Gasteiger partial charge in [-0.05, 0) is 59.2 Å². The Kier molecular flexibility index (Phi) is 4.37. The van der Waals surface area contributed by atoms with Crippen LogP contribution in [0, 0.1) is 0 Å². The van der Waals surface area contributed by atoms with Crippen molar-refractivity contribution in [3.05, 3.63) is 35.9 Å². The zero-order chi connectivity index (χ0) is 16.7. The highest BCUT2D eigenvalue weighted by Crippen LogP contribution is 2.49. The maximum atomic E-state index is 6.32. The number of hydrogen-bond acceptors (Lipinski definition) is 3. The van der Waals surface area contributed by atoms with Crippen molar-refractivity contribution in [1.29, 1.82) is 0 Å². The summed E-state index contributed by atoms with van der Waals surface area (Å²) in [4.78, 5) is 2.54. The van der Waals surface area contributed by atoms with Gasteiger partial charge in [0.05, 0.1) is 11.2 Å². The van der Waals surface area contributed by atoms with Gasteiger partial charge >= 0.3 is 7.12 Å². The van der Waals surface area contributed by atoms with Crippen LogP contribution in [-0.2, 0) is 15.9 Å². The zero-order valence-corrected chi connectivity index (χ0v) is 15.3. The van der Waals surface area contributed by atoms with E-state index in [-0.39, 0.29) is 23.6 Å². The highest BCUT2D eigenvalue weighted by atomic mass is 16.7. The minimum Gasteiger partial charge on any atom is -0.403 e. The third-order valence-corrected chi connectivity index (χ3v) is 6.07. The predicted molar refractivity (Wildman–Crippen MR) is 95.4 cm³/mol. The van der Waals surface area contributed by atoms with Crippen LogP contribution in [0.25, 0.3) is 0 Å². The summed E-state index contributed by atoms with van der Waals surface area (Å²) in [6.45, 7) is 14.1. The summed E-state index contributed by atoms with van der Waals surface area (Å²) in [5.74, 6) is 0. The van der Waals surface area contributed by atoms with Gasteiger partial charge in [-0.2, -0.15) is 0 Å². The summed E-state index contributed by atoms with van der Waals surface area (Å²) in [5.41, 5.74) is 0.927. The molecular formula is C19H30BNO2. The molecule has 0 aliphatic carbocycles. The topological polar surface area (TPSA) is 21.7 Å². The number of hydrogen-bond donors (Lipinski definition) is 0. The van der Waals surface area contributed by atoms with Crippen molar-refractivity contribution >= 4 is 7.12 Å². The maximum Gasteiger partial charge on any atom is 0.464 e. The van der Waals surface area contributed by atoms with Gasteiger partial charge in [0.2, 0.25) is 0 Å². The molecule has 126 valence electrons. The zero-order valence-electron chi connectivity index (χ0n) is 15.3. The molecule has 23 heavy (non-hydrogen) atoms. The first-order valence-electron chi connectivity index (χ1n) is 8.84. The summed E-state index contributed by atoms with van der Waals surface area (Å²) in [6, 6.07) is 10.7. The van der Waals surface area contributed by atoms with E-state index in [0.717, 1.165) is 32.5 Å². The average Bonchev–Trinajstić information content (AvgIpc) is 2.72. The first-order chi connectivity index (χ1) is 10.7. The molecule has 2 aliphatic heterocycles. The third-order valence-electron chi connectivity index (χ3n) is 6.07. The number of likely N-dealkylation sites (tertiary alicyclic amines) is 1. The van der Waals surface area contributed by atoms with E-state index in [1.54, 1.807) is 0 Å². The van der Waals surface area contributed by atoms with Crippen molar-refractivity contribution in [3.63, 3.8) is 0 Å². The highest BCUT2D eigenvalue weighted by molar-refractivity contribution is 6.49. The monoisotopic (exact) mass is 315 g/mol. The van der Waals surface area contributed by atoms with Crippen LogP contribution < -0.4 is 0 Å².